The largest absolute Gasteiger partial charge is 0.469 e. The number of alkyl halides is 1. The van der Waals surface area contributed by atoms with E-state index >= 15 is 0 Å². The number of hydrogen-bond acceptors (Lipinski definition) is 2. The van der Waals surface area contributed by atoms with E-state index in [2.05, 4.69) is 4.74 Å². The third-order valence-corrected chi connectivity index (χ3v) is 1.70. The number of rotatable bonds is 1. The lowest BCUT2D eigenvalue weighted by Crippen LogP contribution is -2.03. The van der Waals surface area contributed by atoms with Crippen LogP contribution in [-0.4, -0.2) is 18.5 Å². The van der Waals surface area contributed by atoms with Gasteiger partial charge in [-0.2, -0.15) is 0 Å². The Balaban J connectivity index is 2.28. The SMILES string of the molecule is COC(=O)C1CC1Cl. The van der Waals surface area contributed by atoms with Gasteiger partial charge in [-0.1, -0.05) is 0 Å². The third-order valence-electron chi connectivity index (χ3n) is 1.22. The Morgan fingerprint density at radius 3 is 2.50 bits per heavy atom. The van der Waals surface area contributed by atoms with Gasteiger partial charge in [-0.05, 0) is 6.42 Å². The van der Waals surface area contributed by atoms with E-state index in [0.29, 0.717) is 0 Å². The molecule has 2 nitrogen and oxygen atoms in total. The van der Waals surface area contributed by atoms with Crippen molar-refractivity contribution in [3.8, 4) is 0 Å². The minimum Gasteiger partial charge on any atom is -0.469 e. The van der Waals surface area contributed by atoms with Crippen LogP contribution < -0.4 is 0 Å². The van der Waals surface area contributed by atoms with Gasteiger partial charge in [0.25, 0.3) is 0 Å². The maximum atomic E-state index is 10.5. The minimum absolute atomic E-state index is 0.0123. The van der Waals surface area contributed by atoms with Gasteiger partial charge >= 0.3 is 5.97 Å². The van der Waals surface area contributed by atoms with Crippen molar-refractivity contribution in [2.75, 3.05) is 7.11 Å². The Hall–Kier alpha value is -0.240. The summed E-state index contributed by atoms with van der Waals surface area (Å²) in [6.07, 6.45) is 0.786. The number of carbonyl (C=O) groups excluding carboxylic acids is 1. The van der Waals surface area contributed by atoms with Crippen LogP contribution in [0.5, 0.6) is 0 Å². The second kappa shape index (κ2) is 1.94. The smallest absolute Gasteiger partial charge is 0.310 e. The van der Waals surface area contributed by atoms with Crippen LogP contribution in [0.4, 0.5) is 0 Å². The molecule has 1 fully saturated rings. The molecule has 2 unspecified atom stereocenters. The monoisotopic (exact) mass is 134 g/mol. The Bertz CT molecular complexity index is 113. The van der Waals surface area contributed by atoms with Crippen LogP contribution in [0, 0.1) is 5.92 Å². The second-order valence-corrected chi connectivity index (χ2v) is 2.44. The number of methoxy groups -OCH3 is 1. The highest BCUT2D eigenvalue weighted by Crippen LogP contribution is 2.36. The Morgan fingerprint density at radius 1 is 1.88 bits per heavy atom. The molecule has 0 spiro atoms. The molecule has 0 bridgehead atoms. The van der Waals surface area contributed by atoms with Gasteiger partial charge in [0.15, 0.2) is 0 Å². The molecular weight excluding hydrogens is 128 g/mol. The van der Waals surface area contributed by atoms with Gasteiger partial charge in [0.05, 0.1) is 13.0 Å². The first-order valence-corrected chi connectivity index (χ1v) is 2.91. The molecule has 1 aliphatic carbocycles. The van der Waals surface area contributed by atoms with Crippen molar-refractivity contribution in [1.82, 2.24) is 0 Å². The van der Waals surface area contributed by atoms with Crippen molar-refractivity contribution in [2.45, 2.75) is 11.8 Å². The second-order valence-electron chi connectivity index (χ2n) is 1.88. The molecule has 1 aliphatic rings. The lowest BCUT2D eigenvalue weighted by atomic mass is 10.4. The molecule has 0 saturated heterocycles. The zero-order valence-corrected chi connectivity index (χ0v) is 5.31. The fourth-order valence-electron chi connectivity index (χ4n) is 0.559. The standard InChI is InChI=1S/C5H7ClO2/c1-8-5(7)3-2-4(3)6/h3-4H,2H2,1H3. The lowest BCUT2D eigenvalue weighted by Gasteiger charge is -1.90. The van der Waals surface area contributed by atoms with E-state index < -0.39 is 0 Å². The van der Waals surface area contributed by atoms with E-state index in [0.717, 1.165) is 6.42 Å². The molecule has 46 valence electrons. The van der Waals surface area contributed by atoms with E-state index in [-0.39, 0.29) is 17.3 Å². The first kappa shape index (κ1) is 5.89. The summed E-state index contributed by atoms with van der Waals surface area (Å²) in [6, 6.07) is 0. The Labute approximate surface area is 52.8 Å². The zero-order valence-electron chi connectivity index (χ0n) is 4.56. The van der Waals surface area contributed by atoms with Gasteiger partial charge < -0.3 is 4.74 Å². The quantitative estimate of drug-likeness (QED) is 0.392. The lowest BCUT2D eigenvalue weighted by molar-refractivity contribution is -0.142. The van der Waals surface area contributed by atoms with Gasteiger partial charge in [-0.25, -0.2) is 0 Å². The number of hydrogen-bond donors (Lipinski definition) is 0. The molecule has 0 heterocycles. The fraction of sp³-hybridized carbons (Fsp3) is 0.800. The van der Waals surface area contributed by atoms with Gasteiger partial charge in [-0.3, -0.25) is 4.79 Å². The van der Waals surface area contributed by atoms with Crippen LogP contribution in [-0.2, 0) is 9.53 Å². The maximum Gasteiger partial charge on any atom is 0.310 e. The zero-order chi connectivity index (χ0) is 6.15. The Morgan fingerprint density at radius 2 is 2.38 bits per heavy atom. The van der Waals surface area contributed by atoms with Crippen molar-refractivity contribution in [2.24, 2.45) is 5.92 Å². The fourth-order valence-corrected chi connectivity index (χ4v) is 0.854. The molecule has 0 amide bonds. The van der Waals surface area contributed by atoms with Gasteiger partial charge in [0.1, 0.15) is 0 Å². The summed E-state index contributed by atoms with van der Waals surface area (Å²) in [4.78, 5) is 10.5. The van der Waals surface area contributed by atoms with Gasteiger partial charge in [-0.15, -0.1) is 11.6 Å². The first-order chi connectivity index (χ1) is 3.75. The van der Waals surface area contributed by atoms with Crippen molar-refractivity contribution < 1.29 is 9.53 Å². The van der Waals surface area contributed by atoms with Gasteiger partial charge in [0.2, 0.25) is 0 Å². The van der Waals surface area contributed by atoms with Crippen LogP contribution in [0.2, 0.25) is 0 Å². The summed E-state index contributed by atoms with van der Waals surface area (Å²) in [5.74, 6) is -0.188. The van der Waals surface area contributed by atoms with E-state index in [1.807, 2.05) is 0 Å². The molecule has 1 saturated carbocycles. The third kappa shape index (κ3) is 0.944. The Kier molecular flexibility index (Phi) is 1.43. The van der Waals surface area contributed by atoms with E-state index in [4.69, 9.17) is 11.6 Å². The summed E-state index contributed by atoms with van der Waals surface area (Å²) >= 11 is 5.52. The van der Waals surface area contributed by atoms with Crippen molar-refractivity contribution in [3.05, 3.63) is 0 Å². The summed E-state index contributed by atoms with van der Waals surface area (Å²) in [6.45, 7) is 0. The molecule has 1 rings (SSSR count). The predicted molar refractivity (Wildman–Crippen MR) is 29.8 cm³/mol. The normalized spacial score (nSPS) is 34.2. The van der Waals surface area contributed by atoms with E-state index in [9.17, 15) is 4.79 Å². The summed E-state index contributed by atoms with van der Waals surface area (Å²) in [7, 11) is 1.38. The minimum atomic E-state index is -0.176. The average molecular weight is 135 g/mol. The molecular formula is C5H7ClO2. The van der Waals surface area contributed by atoms with Crippen LogP contribution >= 0.6 is 11.6 Å². The van der Waals surface area contributed by atoms with Crippen molar-refractivity contribution in [1.29, 1.82) is 0 Å². The maximum absolute atomic E-state index is 10.5. The van der Waals surface area contributed by atoms with Crippen LogP contribution in [0.15, 0.2) is 0 Å². The molecule has 0 aliphatic heterocycles. The van der Waals surface area contributed by atoms with Crippen LogP contribution in [0.3, 0.4) is 0 Å². The summed E-state index contributed by atoms with van der Waals surface area (Å²) in [5.41, 5.74) is 0. The highest BCUT2D eigenvalue weighted by Gasteiger charge is 2.42. The average Bonchev–Trinajstić information content (AvgIpc) is 2.45. The molecule has 0 N–H and O–H groups in total. The topological polar surface area (TPSA) is 26.3 Å². The number of halogens is 1. The molecule has 0 radical (unpaired) electrons. The van der Waals surface area contributed by atoms with Crippen molar-refractivity contribution in [3.63, 3.8) is 0 Å². The highest BCUT2D eigenvalue weighted by atomic mass is 35.5. The number of esters is 1. The van der Waals surface area contributed by atoms with Crippen LogP contribution in [0.25, 0.3) is 0 Å². The molecule has 0 aromatic carbocycles. The highest BCUT2D eigenvalue weighted by molar-refractivity contribution is 6.24. The summed E-state index contributed by atoms with van der Waals surface area (Å²) < 4.78 is 4.42. The molecule has 3 heteroatoms. The van der Waals surface area contributed by atoms with E-state index in [1.165, 1.54) is 7.11 Å². The van der Waals surface area contributed by atoms with Gasteiger partial charge in [0, 0.05) is 5.38 Å². The number of ether oxygens (including phenoxy) is 1. The molecule has 2 atom stereocenters. The molecule has 0 aromatic rings. The van der Waals surface area contributed by atoms with Crippen LogP contribution in [0.1, 0.15) is 6.42 Å². The molecule has 8 heavy (non-hydrogen) atoms. The number of carbonyl (C=O) groups is 1. The van der Waals surface area contributed by atoms with E-state index in [1.54, 1.807) is 0 Å². The van der Waals surface area contributed by atoms with Crippen molar-refractivity contribution >= 4 is 17.6 Å². The first-order valence-electron chi connectivity index (χ1n) is 2.47. The summed E-state index contributed by atoms with van der Waals surface area (Å²) in [5, 5.41) is 0.0439. The predicted octanol–water partition coefficient (Wildman–Crippen LogP) is 0.787. The molecule has 0 aromatic heterocycles.